The molecule has 5 heteroatoms. The fourth-order valence-corrected chi connectivity index (χ4v) is 3.25. The molecule has 0 aromatic heterocycles. The first-order valence-electron chi connectivity index (χ1n) is 6.42. The van der Waals surface area contributed by atoms with Crippen molar-refractivity contribution < 1.29 is 14.7 Å². The molecule has 17 heavy (non-hydrogen) atoms. The predicted molar refractivity (Wildman–Crippen MR) is 60.7 cm³/mol. The molecular formula is C12H18N2O3. The lowest BCUT2D eigenvalue weighted by Crippen LogP contribution is -2.43. The highest BCUT2D eigenvalue weighted by Crippen LogP contribution is 2.47. The van der Waals surface area contributed by atoms with Crippen LogP contribution in [-0.4, -0.2) is 51.6 Å². The molecule has 3 aliphatic rings. The highest BCUT2D eigenvalue weighted by molar-refractivity contribution is 5.80. The van der Waals surface area contributed by atoms with Crippen LogP contribution in [0.5, 0.6) is 0 Å². The van der Waals surface area contributed by atoms with Crippen LogP contribution in [0.1, 0.15) is 38.5 Å². The molecule has 5 nitrogen and oxygen atoms in total. The van der Waals surface area contributed by atoms with E-state index in [9.17, 15) is 9.59 Å². The maximum atomic E-state index is 12.3. The molecular weight excluding hydrogens is 220 g/mol. The predicted octanol–water partition coefficient (Wildman–Crippen LogP) is 1.28. The lowest BCUT2D eigenvalue weighted by atomic mass is 10.0. The van der Waals surface area contributed by atoms with E-state index < -0.39 is 5.97 Å². The number of carboxylic acid groups (broad SMARTS) is 1. The molecule has 1 atom stereocenters. The van der Waals surface area contributed by atoms with E-state index in [1.165, 1.54) is 6.42 Å². The van der Waals surface area contributed by atoms with Crippen molar-refractivity contribution in [2.45, 2.75) is 50.1 Å². The highest BCUT2D eigenvalue weighted by Gasteiger charge is 2.56. The molecule has 0 bridgehead atoms. The number of nitrogens with zero attached hydrogens (tertiary/aromatic N) is 2. The van der Waals surface area contributed by atoms with Gasteiger partial charge in [0.2, 0.25) is 0 Å². The minimum atomic E-state index is -0.792. The van der Waals surface area contributed by atoms with Gasteiger partial charge >= 0.3 is 12.0 Å². The first kappa shape index (κ1) is 10.9. The van der Waals surface area contributed by atoms with Crippen molar-refractivity contribution in [2.24, 2.45) is 0 Å². The number of amides is 2. The first-order chi connectivity index (χ1) is 8.12. The van der Waals surface area contributed by atoms with Gasteiger partial charge in [-0.25, -0.2) is 4.79 Å². The van der Waals surface area contributed by atoms with E-state index in [1.54, 1.807) is 0 Å². The third kappa shape index (κ3) is 1.68. The van der Waals surface area contributed by atoms with Crippen molar-refractivity contribution in [1.29, 1.82) is 0 Å². The molecule has 0 unspecified atom stereocenters. The van der Waals surface area contributed by atoms with Crippen LogP contribution in [0, 0.1) is 0 Å². The first-order valence-corrected chi connectivity index (χ1v) is 6.42. The number of urea groups is 1. The van der Waals surface area contributed by atoms with E-state index in [1.807, 2.05) is 9.80 Å². The number of carbonyl (C=O) groups is 2. The van der Waals surface area contributed by atoms with Gasteiger partial charge in [-0.1, -0.05) is 0 Å². The summed E-state index contributed by atoms with van der Waals surface area (Å²) < 4.78 is 0. The second-order valence-corrected chi connectivity index (χ2v) is 5.53. The number of rotatable bonds is 3. The van der Waals surface area contributed by atoms with E-state index in [4.69, 9.17) is 5.11 Å². The van der Waals surface area contributed by atoms with Crippen LogP contribution < -0.4 is 0 Å². The standard InChI is InChI=1S/C12H18N2O3/c15-10(16)7-12(4-5-12)14-8-9-3-1-2-6-13(9)11(14)17/h9H,1-8H2,(H,15,16)/t9-/m0/s1. The number of hydrogen-bond donors (Lipinski definition) is 1. The summed E-state index contributed by atoms with van der Waals surface area (Å²) in [5, 5.41) is 8.94. The SMILES string of the molecule is O=C(O)CC1(N2C[C@@H]3CCCCN3C2=O)CC1. The summed E-state index contributed by atoms with van der Waals surface area (Å²) in [6.45, 7) is 1.59. The van der Waals surface area contributed by atoms with Crippen molar-refractivity contribution in [3.8, 4) is 0 Å². The number of carbonyl (C=O) groups excluding carboxylic acids is 1. The maximum absolute atomic E-state index is 12.3. The van der Waals surface area contributed by atoms with Gasteiger partial charge in [0.15, 0.2) is 0 Å². The Kier molecular flexibility index (Phi) is 2.31. The van der Waals surface area contributed by atoms with Gasteiger partial charge in [-0.15, -0.1) is 0 Å². The minimum Gasteiger partial charge on any atom is -0.481 e. The van der Waals surface area contributed by atoms with Gasteiger partial charge in [0.25, 0.3) is 0 Å². The van der Waals surface area contributed by atoms with E-state index in [2.05, 4.69) is 0 Å². The zero-order valence-corrected chi connectivity index (χ0v) is 9.89. The molecule has 1 N–H and O–H groups in total. The van der Waals surface area contributed by atoms with Crippen molar-refractivity contribution in [3.05, 3.63) is 0 Å². The van der Waals surface area contributed by atoms with Gasteiger partial charge in [0.1, 0.15) is 0 Å². The second kappa shape index (κ2) is 3.62. The molecule has 0 aromatic rings. The van der Waals surface area contributed by atoms with E-state index in [-0.39, 0.29) is 18.0 Å². The van der Waals surface area contributed by atoms with Crippen molar-refractivity contribution in [3.63, 3.8) is 0 Å². The van der Waals surface area contributed by atoms with E-state index >= 15 is 0 Å². The molecule has 0 aromatic carbocycles. The molecule has 1 saturated carbocycles. The van der Waals surface area contributed by atoms with E-state index in [0.29, 0.717) is 6.04 Å². The Morgan fingerprint density at radius 3 is 2.76 bits per heavy atom. The molecule has 0 radical (unpaired) electrons. The lowest BCUT2D eigenvalue weighted by Gasteiger charge is -2.28. The Hall–Kier alpha value is -1.26. The smallest absolute Gasteiger partial charge is 0.320 e. The molecule has 94 valence electrons. The van der Waals surface area contributed by atoms with Crippen LogP contribution in [0.15, 0.2) is 0 Å². The van der Waals surface area contributed by atoms with Gasteiger partial charge in [0.05, 0.1) is 18.0 Å². The summed E-state index contributed by atoms with van der Waals surface area (Å²) in [7, 11) is 0. The Balaban J connectivity index is 1.76. The largest absolute Gasteiger partial charge is 0.481 e. The molecule has 1 aliphatic carbocycles. The average molecular weight is 238 g/mol. The minimum absolute atomic E-state index is 0.0773. The summed E-state index contributed by atoms with van der Waals surface area (Å²) in [4.78, 5) is 26.9. The summed E-state index contributed by atoms with van der Waals surface area (Å²) in [5.41, 5.74) is -0.347. The van der Waals surface area contributed by atoms with Gasteiger partial charge in [0, 0.05) is 13.1 Å². The molecule has 2 heterocycles. The molecule has 2 saturated heterocycles. The second-order valence-electron chi connectivity index (χ2n) is 5.53. The molecule has 2 amide bonds. The summed E-state index contributed by atoms with van der Waals surface area (Å²) in [6.07, 6.45) is 5.16. The zero-order valence-electron chi connectivity index (χ0n) is 9.89. The number of piperidine rings is 1. The van der Waals surface area contributed by atoms with Crippen LogP contribution >= 0.6 is 0 Å². The highest BCUT2D eigenvalue weighted by atomic mass is 16.4. The van der Waals surface area contributed by atoms with Crippen LogP contribution in [0.25, 0.3) is 0 Å². The van der Waals surface area contributed by atoms with Gasteiger partial charge < -0.3 is 14.9 Å². The number of hydrogen-bond acceptors (Lipinski definition) is 2. The Bertz CT molecular complexity index is 365. The Morgan fingerprint density at radius 1 is 1.41 bits per heavy atom. The third-order valence-electron chi connectivity index (χ3n) is 4.38. The van der Waals surface area contributed by atoms with Crippen molar-refractivity contribution in [1.82, 2.24) is 9.80 Å². The molecule has 3 rings (SSSR count). The van der Waals surface area contributed by atoms with Gasteiger partial charge in [-0.3, -0.25) is 4.79 Å². The summed E-state index contributed by atoms with van der Waals surface area (Å²) in [5.74, 6) is -0.792. The van der Waals surface area contributed by atoms with Crippen molar-refractivity contribution >= 4 is 12.0 Å². The monoisotopic (exact) mass is 238 g/mol. The average Bonchev–Trinajstić information content (AvgIpc) is 2.97. The van der Waals surface area contributed by atoms with Gasteiger partial charge in [-0.2, -0.15) is 0 Å². The fraction of sp³-hybridized carbons (Fsp3) is 0.833. The fourth-order valence-electron chi connectivity index (χ4n) is 3.25. The topological polar surface area (TPSA) is 60.9 Å². The molecule has 0 spiro atoms. The number of carboxylic acids is 1. The normalized spacial score (nSPS) is 30.4. The maximum Gasteiger partial charge on any atom is 0.320 e. The Labute approximate surface area is 100 Å². The van der Waals surface area contributed by atoms with Crippen molar-refractivity contribution in [2.75, 3.05) is 13.1 Å². The number of aliphatic carboxylic acids is 1. The van der Waals surface area contributed by atoms with Crippen LogP contribution in [0.2, 0.25) is 0 Å². The molecule has 3 fully saturated rings. The summed E-state index contributed by atoms with van der Waals surface area (Å²) >= 11 is 0. The Morgan fingerprint density at radius 2 is 2.18 bits per heavy atom. The lowest BCUT2D eigenvalue weighted by molar-refractivity contribution is -0.138. The summed E-state index contributed by atoms with van der Waals surface area (Å²) in [6, 6.07) is 0.413. The third-order valence-corrected chi connectivity index (χ3v) is 4.38. The van der Waals surface area contributed by atoms with Crippen LogP contribution in [0.3, 0.4) is 0 Å². The quantitative estimate of drug-likeness (QED) is 0.805. The van der Waals surface area contributed by atoms with Crippen LogP contribution in [-0.2, 0) is 4.79 Å². The van der Waals surface area contributed by atoms with Crippen LogP contribution in [0.4, 0.5) is 4.79 Å². The van der Waals surface area contributed by atoms with E-state index in [0.717, 1.165) is 38.8 Å². The van der Waals surface area contributed by atoms with Gasteiger partial charge in [-0.05, 0) is 32.1 Å². The molecule has 2 aliphatic heterocycles. The number of fused-ring (bicyclic) bond motifs is 1. The zero-order chi connectivity index (χ0) is 12.0.